The van der Waals surface area contributed by atoms with Gasteiger partial charge in [0.05, 0.1) is 11.1 Å². The van der Waals surface area contributed by atoms with E-state index in [-0.39, 0.29) is 11.5 Å². The van der Waals surface area contributed by atoms with Crippen molar-refractivity contribution < 1.29 is 18.7 Å². The second kappa shape index (κ2) is 7.18. The van der Waals surface area contributed by atoms with E-state index in [1.165, 1.54) is 11.1 Å². The van der Waals surface area contributed by atoms with Gasteiger partial charge in [0.15, 0.2) is 5.76 Å². The van der Waals surface area contributed by atoms with Crippen molar-refractivity contribution in [1.29, 1.82) is 0 Å². The molecule has 0 fully saturated rings. The van der Waals surface area contributed by atoms with E-state index < -0.39 is 0 Å². The largest absolute Gasteiger partial charge is 0.478 e. The van der Waals surface area contributed by atoms with Crippen molar-refractivity contribution in [3.8, 4) is 11.5 Å². The summed E-state index contributed by atoms with van der Waals surface area (Å²) in [5, 5.41) is 0. The molecular weight excluding hydrogens is 378 g/mol. The van der Waals surface area contributed by atoms with Crippen molar-refractivity contribution in [2.24, 2.45) is 0 Å². The van der Waals surface area contributed by atoms with Crippen LogP contribution in [0.4, 0.5) is 0 Å². The van der Waals surface area contributed by atoms with Gasteiger partial charge in [-0.05, 0) is 50.1 Å². The van der Waals surface area contributed by atoms with Crippen LogP contribution in [0.2, 0.25) is 0 Å². The third-order valence-corrected chi connectivity index (χ3v) is 5.55. The average Bonchev–Trinajstić information content (AvgIpc) is 3.28. The van der Waals surface area contributed by atoms with Gasteiger partial charge in [0.1, 0.15) is 29.8 Å². The minimum Gasteiger partial charge on any atom is -0.478 e. The molecule has 3 aromatic rings. The molecule has 152 valence electrons. The Morgan fingerprint density at radius 1 is 1.07 bits per heavy atom. The van der Waals surface area contributed by atoms with Gasteiger partial charge in [0, 0.05) is 19.2 Å². The lowest BCUT2D eigenvalue weighted by molar-refractivity contribution is 0.0872. The van der Waals surface area contributed by atoms with Crippen LogP contribution < -0.4 is 9.47 Å². The van der Waals surface area contributed by atoms with Gasteiger partial charge >= 0.3 is 0 Å². The predicted octanol–water partition coefficient (Wildman–Crippen LogP) is 5.17. The molecule has 2 aliphatic heterocycles. The molecule has 1 aromatic heterocycles. The summed E-state index contributed by atoms with van der Waals surface area (Å²) in [7, 11) is 0. The molecule has 0 amide bonds. The SMILES string of the molecule is Cc1ccc(CN2COc3cc(C)c4c(c3C2)O/C(=C\c2ccc(C)o2)C4=O)cc1. The zero-order valence-electron chi connectivity index (χ0n) is 17.3. The number of aryl methyl sites for hydroxylation is 3. The van der Waals surface area contributed by atoms with E-state index in [9.17, 15) is 4.79 Å². The molecule has 0 saturated carbocycles. The van der Waals surface area contributed by atoms with Crippen LogP contribution in [0.3, 0.4) is 0 Å². The molecule has 0 bridgehead atoms. The molecule has 0 radical (unpaired) electrons. The van der Waals surface area contributed by atoms with Gasteiger partial charge in [-0.15, -0.1) is 0 Å². The van der Waals surface area contributed by atoms with Crippen molar-refractivity contribution >= 4 is 11.9 Å². The Hall–Kier alpha value is -3.31. The Bertz CT molecular complexity index is 1170. The lowest BCUT2D eigenvalue weighted by Crippen LogP contribution is -2.31. The smallest absolute Gasteiger partial charge is 0.232 e. The topological polar surface area (TPSA) is 51.9 Å². The molecule has 0 N–H and O–H groups in total. The fourth-order valence-corrected chi connectivity index (χ4v) is 3.99. The number of allylic oxidation sites excluding steroid dienone is 1. The molecule has 0 unspecified atom stereocenters. The summed E-state index contributed by atoms with van der Waals surface area (Å²) >= 11 is 0. The Kier molecular flexibility index (Phi) is 4.48. The first kappa shape index (κ1) is 18.7. The second-order valence-electron chi connectivity index (χ2n) is 8.01. The second-order valence-corrected chi connectivity index (χ2v) is 8.01. The monoisotopic (exact) mass is 401 g/mol. The zero-order valence-corrected chi connectivity index (χ0v) is 17.3. The number of benzene rings is 2. The van der Waals surface area contributed by atoms with Crippen molar-refractivity contribution in [2.75, 3.05) is 6.73 Å². The third-order valence-electron chi connectivity index (χ3n) is 5.55. The Morgan fingerprint density at radius 3 is 2.60 bits per heavy atom. The van der Waals surface area contributed by atoms with Crippen LogP contribution in [0.5, 0.6) is 11.5 Å². The zero-order chi connectivity index (χ0) is 20.8. The van der Waals surface area contributed by atoms with Gasteiger partial charge in [0.25, 0.3) is 0 Å². The highest BCUT2D eigenvalue weighted by atomic mass is 16.5. The highest BCUT2D eigenvalue weighted by Crippen LogP contribution is 2.44. The molecule has 2 aliphatic rings. The maximum absolute atomic E-state index is 13.0. The normalized spacial score (nSPS) is 16.9. The number of Topliss-reactive ketones (excluding diaryl/α,β-unsaturated/α-hetero) is 1. The van der Waals surface area contributed by atoms with E-state index in [1.807, 2.05) is 32.0 Å². The number of carbonyl (C=O) groups is 1. The molecule has 5 nitrogen and oxygen atoms in total. The lowest BCUT2D eigenvalue weighted by atomic mass is 9.98. The molecule has 0 atom stereocenters. The first-order valence-corrected chi connectivity index (χ1v) is 10.1. The van der Waals surface area contributed by atoms with Crippen molar-refractivity contribution in [3.63, 3.8) is 0 Å². The van der Waals surface area contributed by atoms with Crippen LogP contribution in [0.15, 0.2) is 52.6 Å². The molecule has 30 heavy (non-hydrogen) atoms. The lowest BCUT2D eigenvalue weighted by Gasteiger charge is -2.30. The summed E-state index contributed by atoms with van der Waals surface area (Å²) in [5.74, 6) is 2.96. The summed E-state index contributed by atoms with van der Waals surface area (Å²) in [4.78, 5) is 15.2. The van der Waals surface area contributed by atoms with Gasteiger partial charge in [-0.1, -0.05) is 29.8 Å². The fraction of sp³-hybridized carbons (Fsp3) is 0.240. The number of hydrogen-bond donors (Lipinski definition) is 0. The van der Waals surface area contributed by atoms with Gasteiger partial charge < -0.3 is 13.9 Å². The van der Waals surface area contributed by atoms with E-state index in [1.54, 1.807) is 6.08 Å². The van der Waals surface area contributed by atoms with Gasteiger partial charge in [-0.2, -0.15) is 0 Å². The van der Waals surface area contributed by atoms with E-state index in [0.29, 0.717) is 30.3 Å². The third kappa shape index (κ3) is 3.31. The van der Waals surface area contributed by atoms with Crippen molar-refractivity contribution in [1.82, 2.24) is 4.90 Å². The summed E-state index contributed by atoms with van der Waals surface area (Å²) in [6.07, 6.45) is 1.66. The van der Waals surface area contributed by atoms with Crippen molar-refractivity contribution in [3.05, 3.63) is 87.6 Å². The molecule has 0 spiro atoms. The predicted molar refractivity (Wildman–Crippen MR) is 113 cm³/mol. The van der Waals surface area contributed by atoms with Gasteiger partial charge in [-0.25, -0.2) is 0 Å². The quantitative estimate of drug-likeness (QED) is 0.567. The fourth-order valence-electron chi connectivity index (χ4n) is 3.99. The Morgan fingerprint density at radius 2 is 1.87 bits per heavy atom. The van der Waals surface area contributed by atoms with E-state index in [2.05, 4.69) is 36.1 Å². The number of hydrogen-bond acceptors (Lipinski definition) is 5. The summed E-state index contributed by atoms with van der Waals surface area (Å²) in [5.41, 5.74) is 4.86. The summed E-state index contributed by atoms with van der Waals surface area (Å²) in [6, 6.07) is 14.1. The first-order valence-electron chi connectivity index (χ1n) is 10.1. The standard InChI is InChI=1S/C25H23NO4/c1-15-4-7-18(8-5-15)12-26-13-20-21(28-14-26)10-16(2)23-24(27)22(30-25(20)23)11-19-9-6-17(3)29-19/h4-11H,12-14H2,1-3H3/b22-11-. The maximum Gasteiger partial charge on any atom is 0.232 e. The van der Waals surface area contributed by atoms with Crippen LogP contribution in [-0.2, 0) is 13.1 Å². The molecule has 3 heterocycles. The van der Waals surface area contributed by atoms with Gasteiger partial charge in [0.2, 0.25) is 5.78 Å². The summed E-state index contributed by atoms with van der Waals surface area (Å²) in [6.45, 7) is 7.80. The minimum atomic E-state index is -0.116. The molecular formula is C25H23NO4. The number of fused-ring (bicyclic) bond motifs is 3. The first-order chi connectivity index (χ1) is 14.5. The highest BCUT2D eigenvalue weighted by Gasteiger charge is 2.35. The van der Waals surface area contributed by atoms with E-state index >= 15 is 0 Å². The summed E-state index contributed by atoms with van der Waals surface area (Å²) < 4.78 is 17.7. The molecule has 2 aromatic carbocycles. The van der Waals surface area contributed by atoms with E-state index in [0.717, 1.165) is 29.2 Å². The average molecular weight is 401 g/mol. The number of nitrogens with zero attached hydrogens (tertiary/aromatic N) is 1. The Balaban J connectivity index is 1.45. The number of furan rings is 1. The van der Waals surface area contributed by atoms with Crippen LogP contribution in [0, 0.1) is 20.8 Å². The van der Waals surface area contributed by atoms with Gasteiger partial charge in [-0.3, -0.25) is 9.69 Å². The van der Waals surface area contributed by atoms with Crippen LogP contribution >= 0.6 is 0 Å². The number of carbonyl (C=O) groups excluding carboxylic acids is 1. The molecule has 5 heteroatoms. The Labute approximate surface area is 175 Å². The maximum atomic E-state index is 13.0. The van der Waals surface area contributed by atoms with Crippen LogP contribution in [-0.4, -0.2) is 17.4 Å². The molecule has 5 rings (SSSR count). The molecule has 0 aliphatic carbocycles. The van der Waals surface area contributed by atoms with Crippen LogP contribution in [0.1, 0.15) is 44.1 Å². The number of rotatable bonds is 3. The number of ether oxygens (including phenoxy) is 2. The van der Waals surface area contributed by atoms with E-state index in [4.69, 9.17) is 13.9 Å². The number of ketones is 1. The van der Waals surface area contributed by atoms with Crippen LogP contribution in [0.25, 0.3) is 6.08 Å². The minimum absolute atomic E-state index is 0.116. The van der Waals surface area contributed by atoms with Crippen molar-refractivity contribution in [2.45, 2.75) is 33.9 Å². The highest BCUT2D eigenvalue weighted by molar-refractivity contribution is 6.15. The molecule has 0 saturated heterocycles.